The molecule has 0 atom stereocenters. The lowest BCUT2D eigenvalue weighted by molar-refractivity contribution is -0.121. The van der Waals surface area contributed by atoms with Gasteiger partial charge in [0.25, 0.3) is 15.9 Å². The molecule has 1 amide bonds. The van der Waals surface area contributed by atoms with Gasteiger partial charge in [0.2, 0.25) is 0 Å². The van der Waals surface area contributed by atoms with Gasteiger partial charge in [-0.25, -0.2) is 8.42 Å². The predicted octanol–water partition coefficient (Wildman–Crippen LogP) is 4.30. The lowest BCUT2D eigenvalue weighted by Gasteiger charge is -2.12. The van der Waals surface area contributed by atoms with Crippen molar-refractivity contribution in [3.05, 3.63) is 83.4 Å². The molecule has 7 nitrogen and oxygen atoms in total. The first-order chi connectivity index (χ1) is 15.6. The fourth-order valence-corrected chi connectivity index (χ4v) is 4.42. The number of ether oxygens (including phenoxy) is 1. The number of hydrogen-bond donors (Lipinski definition) is 3. The van der Waals surface area contributed by atoms with Gasteiger partial charge in [-0.3, -0.25) is 14.8 Å². The minimum atomic E-state index is -3.75. The number of anilines is 2. The molecule has 172 valence electrons. The van der Waals surface area contributed by atoms with Crippen molar-refractivity contribution in [1.82, 2.24) is 5.32 Å². The quantitative estimate of drug-likeness (QED) is 0.434. The highest BCUT2D eigenvalue weighted by molar-refractivity contribution is 7.92. The van der Waals surface area contributed by atoms with E-state index in [9.17, 15) is 13.2 Å². The Bertz CT molecular complexity index is 1250. The van der Waals surface area contributed by atoms with Gasteiger partial charge < -0.3 is 10.1 Å². The molecule has 3 rings (SSSR count). The number of nitrogens with one attached hydrogen (secondary N) is 3. The van der Waals surface area contributed by atoms with Gasteiger partial charge in [-0.2, -0.15) is 0 Å². The number of thiocarbonyl (C=S) groups is 1. The maximum Gasteiger partial charge on any atom is 0.264 e. The molecular formula is C24H25N3O4S2. The maximum absolute atomic E-state index is 12.7. The summed E-state index contributed by atoms with van der Waals surface area (Å²) in [4.78, 5) is 12.2. The summed E-state index contributed by atoms with van der Waals surface area (Å²) < 4.78 is 33.5. The number of carbonyl (C=O) groups is 1. The lowest BCUT2D eigenvalue weighted by atomic mass is 10.1. The SMILES string of the molecule is Cc1cc(C)cc(NS(=O)(=O)c2ccc(NC(=S)NC(=O)COc3ccccc3C)cc2)c1. The van der Waals surface area contributed by atoms with Crippen LogP contribution < -0.4 is 20.1 Å². The second-order valence-corrected chi connectivity index (χ2v) is 9.65. The summed E-state index contributed by atoms with van der Waals surface area (Å²) in [5.41, 5.74) is 3.89. The summed E-state index contributed by atoms with van der Waals surface area (Å²) in [6.07, 6.45) is 0. The van der Waals surface area contributed by atoms with Crippen molar-refractivity contribution < 1.29 is 17.9 Å². The molecular weight excluding hydrogens is 458 g/mol. The van der Waals surface area contributed by atoms with Crippen LogP contribution in [0.4, 0.5) is 11.4 Å². The van der Waals surface area contributed by atoms with Crippen molar-refractivity contribution >= 4 is 44.6 Å². The van der Waals surface area contributed by atoms with Crippen LogP contribution in [0.5, 0.6) is 5.75 Å². The van der Waals surface area contributed by atoms with Crippen LogP contribution in [0.15, 0.2) is 71.6 Å². The van der Waals surface area contributed by atoms with Gasteiger partial charge in [0.05, 0.1) is 4.90 Å². The summed E-state index contributed by atoms with van der Waals surface area (Å²) in [6.45, 7) is 5.51. The minimum Gasteiger partial charge on any atom is -0.483 e. The molecule has 3 aromatic rings. The van der Waals surface area contributed by atoms with Crippen molar-refractivity contribution in [3.8, 4) is 5.75 Å². The average Bonchev–Trinajstić information content (AvgIpc) is 2.72. The fraction of sp³-hybridized carbons (Fsp3) is 0.167. The monoisotopic (exact) mass is 483 g/mol. The molecule has 3 N–H and O–H groups in total. The van der Waals surface area contributed by atoms with Gasteiger partial charge in [0.15, 0.2) is 11.7 Å². The topological polar surface area (TPSA) is 96.5 Å². The maximum atomic E-state index is 12.7. The van der Waals surface area contributed by atoms with E-state index in [2.05, 4.69) is 15.4 Å². The third kappa shape index (κ3) is 7.03. The van der Waals surface area contributed by atoms with E-state index in [1.165, 1.54) is 12.1 Å². The van der Waals surface area contributed by atoms with E-state index in [1.807, 2.05) is 45.0 Å². The molecule has 0 aromatic heterocycles. The molecule has 0 saturated heterocycles. The zero-order valence-corrected chi connectivity index (χ0v) is 20.1. The minimum absolute atomic E-state index is 0.0809. The number of hydrogen-bond acceptors (Lipinski definition) is 5. The smallest absolute Gasteiger partial charge is 0.264 e. The summed E-state index contributed by atoms with van der Waals surface area (Å²) in [7, 11) is -3.75. The Labute approximate surface area is 199 Å². The van der Waals surface area contributed by atoms with Crippen LogP contribution in [-0.4, -0.2) is 26.0 Å². The first kappa shape index (κ1) is 24.2. The number of sulfonamides is 1. The zero-order valence-electron chi connectivity index (χ0n) is 18.5. The largest absolute Gasteiger partial charge is 0.483 e. The highest BCUT2D eigenvalue weighted by atomic mass is 32.2. The van der Waals surface area contributed by atoms with Gasteiger partial charge in [0, 0.05) is 11.4 Å². The molecule has 0 fully saturated rings. The first-order valence-electron chi connectivity index (χ1n) is 10.1. The average molecular weight is 484 g/mol. The summed E-state index contributed by atoms with van der Waals surface area (Å²) in [5.74, 6) is 0.213. The number of aryl methyl sites for hydroxylation is 3. The molecule has 3 aromatic carbocycles. The van der Waals surface area contributed by atoms with Crippen molar-refractivity contribution in [3.63, 3.8) is 0 Å². The second kappa shape index (κ2) is 10.5. The van der Waals surface area contributed by atoms with Gasteiger partial charge >= 0.3 is 0 Å². The molecule has 0 aliphatic heterocycles. The van der Waals surface area contributed by atoms with E-state index in [0.29, 0.717) is 17.1 Å². The Hall–Kier alpha value is -3.43. The molecule has 9 heteroatoms. The van der Waals surface area contributed by atoms with E-state index in [-0.39, 0.29) is 16.6 Å². The molecule has 0 radical (unpaired) electrons. The van der Waals surface area contributed by atoms with Crippen LogP contribution in [-0.2, 0) is 14.8 Å². The molecule has 0 aliphatic rings. The van der Waals surface area contributed by atoms with Crippen LogP contribution in [0.1, 0.15) is 16.7 Å². The highest BCUT2D eigenvalue weighted by Gasteiger charge is 2.15. The van der Waals surface area contributed by atoms with E-state index in [1.54, 1.807) is 30.3 Å². The Morgan fingerprint density at radius 3 is 2.18 bits per heavy atom. The molecule has 0 unspecified atom stereocenters. The van der Waals surface area contributed by atoms with Crippen molar-refractivity contribution in [1.29, 1.82) is 0 Å². The number of amides is 1. The summed E-state index contributed by atoms with van der Waals surface area (Å²) in [6, 6.07) is 18.9. The van der Waals surface area contributed by atoms with Gasteiger partial charge in [0.1, 0.15) is 5.75 Å². The number of rotatable bonds is 7. The number of carbonyl (C=O) groups excluding carboxylic acids is 1. The van der Waals surface area contributed by atoms with E-state index >= 15 is 0 Å². The number of benzene rings is 3. The van der Waals surface area contributed by atoms with Crippen molar-refractivity contribution in [2.24, 2.45) is 0 Å². The Morgan fingerprint density at radius 1 is 0.909 bits per heavy atom. The van der Waals surface area contributed by atoms with Crippen LogP contribution >= 0.6 is 12.2 Å². The molecule has 0 aliphatic carbocycles. The van der Waals surface area contributed by atoms with Gasteiger partial charge in [-0.15, -0.1) is 0 Å². The van der Waals surface area contributed by atoms with Crippen LogP contribution in [0, 0.1) is 20.8 Å². The van der Waals surface area contributed by atoms with E-state index < -0.39 is 15.9 Å². The van der Waals surface area contributed by atoms with Crippen molar-refractivity contribution in [2.75, 3.05) is 16.6 Å². The fourth-order valence-electron chi connectivity index (χ4n) is 3.15. The standard InChI is InChI=1S/C24H25N3O4S2/c1-16-12-17(2)14-20(13-16)27-33(29,30)21-10-8-19(9-11-21)25-24(32)26-23(28)15-31-22-7-5-4-6-18(22)3/h4-14,27H,15H2,1-3H3,(H2,25,26,28,32). The van der Waals surface area contributed by atoms with E-state index in [4.69, 9.17) is 17.0 Å². The lowest BCUT2D eigenvalue weighted by Crippen LogP contribution is -2.37. The second-order valence-electron chi connectivity index (χ2n) is 7.56. The van der Waals surface area contributed by atoms with Gasteiger partial charge in [-0.1, -0.05) is 24.3 Å². The Morgan fingerprint density at radius 2 is 1.55 bits per heavy atom. The zero-order chi connectivity index (χ0) is 24.0. The van der Waals surface area contributed by atoms with Crippen molar-refractivity contribution in [2.45, 2.75) is 25.7 Å². The van der Waals surface area contributed by atoms with Gasteiger partial charge in [-0.05, 0) is 92.1 Å². The highest BCUT2D eigenvalue weighted by Crippen LogP contribution is 2.20. The van der Waals surface area contributed by atoms with Crippen LogP contribution in [0.3, 0.4) is 0 Å². The Kier molecular flexibility index (Phi) is 7.67. The first-order valence-corrected chi connectivity index (χ1v) is 12.0. The van der Waals surface area contributed by atoms with Crippen LogP contribution in [0.25, 0.3) is 0 Å². The molecule has 0 saturated carbocycles. The van der Waals surface area contributed by atoms with Crippen LogP contribution in [0.2, 0.25) is 0 Å². The van der Waals surface area contributed by atoms with E-state index in [0.717, 1.165) is 16.7 Å². The molecule has 0 bridgehead atoms. The summed E-state index contributed by atoms with van der Waals surface area (Å²) in [5, 5.41) is 5.47. The predicted molar refractivity (Wildman–Crippen MR) is 134 cm³/mol. The molecule has 0 spiro atoms. The summed E-state index contributed by atoms with van der Waals surface area (Å²) >= 11 is 5.16. The third-order valence-corrected chi connectivity index (χ3v) is 6.20. The molecule has 33 heavy (non-hydrogen) atoms. The Balaban J connectivity index is 1.55. The third-order valence-electron chi connectivity index (χ3n) is 4.60. The number of para-hydroxylation sites is 1. The normalized spacial score (nSPS) is 10.9. The molecule has 0 heterocycles.